The zero-order valence-corrected chi connectivity index (χ0v) is 20.8. The van der Waals surface area contributed by atoms with Gasteiger partial charge in [-0.05, 0) is 38.1 Å². The Balaban J connectivity index is 1.61. The Morgan fingerprint density at radius 3 is 2.06 bits per heavy atom. The van der Waals surface area contributed by atoms with Gasteiger partial charge in [-0.15, -0.1) is 0 Å². The van der Waals surface area contributed by atoms with Crippen LogP contribution in [0.15, 0.2) is 70.4 Å². The Morgan fingerprint density at radius 2 is 1.50 bits per heavy atom. The van der Waals surface area contributed by atoms with Gasteiger partial charge in [-0.3, -0.25) is 14.3 Å². The fourth-order valence-corrected chi connectivity index (χ4v) is 4.35. The molecule has 2 aromatic carbocycles. The van der Waals surface area contributed by atoms with Crippen LogP contribution < -0.4 is 11.2 Å². The first-order chi connectivity index (χ1) is 17.1. The highest BCUT2D eigenvalue weighted by Crippen LogP contribution is 2.48. The summed E-state index contributed by atoms with van der Waals surface area (Å²) in [6.07, 6.45) is -2.69. The molecule has 3 aromatic rings. The van der Waals surface area contributed by atoms with E-state index in [1.807, 2.05) is 13.8 Å². The molecule has 3 unspecified atom stereocenters. The van der Waals surface area contributed by atoms with Crippen LogP contribution in [-0.2, 0) is 14.2 Å². The molecule has 0 amide bonds. The Morgan fingerprint density at radius 1 is 0.944 bits per heavy atom. The number of aromatic amines is 1. The molecule has 11 heteroatoms. The minimum absolute atomic E-state index is 0.241. The normalized spacial score (nSPS) is 20.6. The third-order valence-corrected chi connectivity index (χ3v) is 6.44. The number of aryl methyl sites for hydroxylation is 2. The number of rotatable bonds is 6. The van der Waals surface area contributed by atoms with E-state index in [1.165, 1.54) is 0 Å². The van der Waals surface area contributed by atoms with Crippen molar-refractivity contribution in [2.75, 3.05) is 6.61 Å². The molecule has 0 aliphatic carbocycles. The number of aromatic nitrogens is 2. The van der Waals surface area contributed by atoms with Crippen molar-refractivity contribution in [2.24, 2.45) is 0 Å². The molecular formula is C25H22Cl2N2O7. The van der Waals surface area contributed by atoms with Gasteiger partial charge < -0.3 is 14.2 Å². The summed E-state index contributed by atoms with van der Waals surface area (Å²) >= 11 is 13.2. The summed E-state index contributed by atoms with van der Waals surface area (Å²) < 4.78 is 15.9. The van der Waals surface area contributed by atoms with Crippen LogP contribution in [0.25, 0.3) is 0 Å². The first-order valence-corrected chi connectivity index (χ1v) is 11.7. The standard InChI is InChI=1S/C25H22Cl2N2O7/c1-14-3-7-16(8-4-14)21(31)34-13-18-20(36-22(32)17-9-5-15(2)6-10-17)25(26,27)23(35-18)29-12-11-19(30)28-24(29)33/h3-12,18,20,23H,13H2,1-2H3,(H,28,30,33). The van der Waals surface area contributed by atoms with Crippen LogP contribution in [0.4, 0.5) is 0 Å². The van der Waals surface area contributed by atoms with Crippen molar-refractivity contribution in [3.05, 3.63) is 104 Å². The van der Waals surface area contributed by atoms with E-state index in [1.54, 1.807) is 48.5 Å². The van der Waals surface area contributed by atoms with E-state index in [0.29, 0.717) is 5.56 Å². The first kappa shape index (κ1) is 25.7. The van der Waals surface area contributed by atoms with E-state index in [0.717, 1.165) is 28.0 Å². The van der Waals surface area contributed by atoms with E-state index in [-0.39, 0.29) is 12.2 Å². The molecule has 1 aromatic heterocycles. The topological polar surface area (TPSA) is 117 Å². The van der Waals surface area contributed by atoms with E-state index < -0.39 is 46.0 Å². The molecule has 0 spiro atoms. The van der Waals surface area contributed by atoms with Crippen LogP contribution >= 0.6 is 23.2 Å². The molecule has 2 heterocycles. The van der Waals surface area contributed by atoms with Crippen molar-refractivity contribution < 1.29 is 23.8 Å². The Kier molecular flexibility index (Phi) is 7.35. The first-order valence-electron chi connectivity index (χ1n) is 10.9. The maximum atomic E-state index is 12.9. The predicted molar refractivity (Wildman–Crippen MR) is 132 cm³/mol. The van der Waals surface area contributed by atoms with Crippen LogP contribution in [0, 0.1) is 13.8 Å². The lowest BCUT2D eigenvalue weighted by molar-refractivity contribution is -0.0583. The summed E-state index contributed by atoms with van der Waals surface area (Å²) in [5.41, 5.74) is 0.997. The minimum atomic E-state index is -1.98. The average molecular weight is 533 g/mol. The predicted octanol–water partition coefficient (Wildman–Crippen LogP) is 3.31. The summed E-state index contributed by atoms with van der Waals surface area (Å²) in [6.45, 7) is 3.37. The van der Waals surface area contributed by atoms with Crippen LogP contribution in [0.1, 0.15) is 38.1 Å². The number of benzene rings is 2. The third-order valence-electron chi connectivity index (χ3n) is 5.64. The number of carbonyl (C=O) groups excluding carboxylic acids is 2. The zero-order chi connectivity index (χ0) is 26.0. The van der Waals surface area contributed by atoms with Crippen molar-refractivity contribution >= 4 is 35.1 Å². The number of halogens is 2. The van der Waals surface area contributed by atoms with Gasteiger partial charge in [-0.1, -0.05) is 58.6 Å². The van der Waals surface area contributed by atoms with Crippen molar-refractivity contribution in [3.63, 3.8) is 0 Å². The number of nitrogens with zero attached hydrogens (tertiary/aromatic N) is 1. The molecular weight excluding hydrogens is 511 g/mol. The SMILES string of the molecule is Cc1ccc(C(=O)OCC2OC(n3ccc(=O)[nH]c3=O)C(Cl)(Cl)C2OC(=O)c2ccc(C)cc2)cc1. The summed E-state index contributed by atoms with van der Waals surface area (Å²) in [7, 11) is 0. The number of H-pyrrole nitrogens is 1. The van der Waals surface area contributed by atoms with E-state index in [2.05, 4.69) is 4.98 Å². The Hall–Kier alpha value is -3.40. The number of alkyl halides is 2. The molecule has 9 nitrogen and oxygen atoms in total. The average Bonchev–Trinajstić information content (AvgIpc) is 3.08. The third kappa shape index (κ3) is 5.38. The molecule has 4 rings (SSSR count). The number of carbonyl (C=O) groups is 2. The maximum absolute atomic E-state index is 12.9. The fraction of sp³-hybridized carbons (Fsp3) is 0.280. The van der Waals surface area contributed by atoms with Gasteiger partial charge in [0.1, 0.15) is 12.7 Å². The van der Waals surface area contributed by atoms with Gasteiger partial charge in [0.2, 0.25) is 4.33 Å². The van der Waals surface area contributed by atoms with Gasteiger partial charge in [-0.2, -0.15) is 0 Å². The van der Waals surface area contributed by atoms with E-state index in [9.17, 15) is 19.2 Å². The van der Waals surface area contributed by atoms with Crippen molar-refractivity contribution in [1.82, 2.24) is 9.55 Å². The second kappa shape index (κ2) is 10.3. The minimum Gasteiger partial charge on any atom is -0.459 e. The van der Waals surface area contributed by atoms with Gasteiger partial charge in [0, 0.05) is 12.3 Å². The summed E-state index contributed by atoms with van der Waals surface area (Å²) in [4.78, 5) is 51.4. The second-order valence-electron chi connectivity index (χ2n) is 8.38. The molecule has 1 aliphatic rings. The highest BCUT2D eigenvalue weighted by molar-refractivity contribution is 6.49. The molecule has 0 saturated carbocycles. The summed E-state index contributed by atoms with van der Waals surface area (Å²) in [6, 6.07) is 14.5. The lowest BCUT2D eigenvalue weighted by Crippen LogP contribution is -2.44. The van der Waals surface area contributed by atoms with E-state index >= 15 is 0 Å². The highest BCUT2D eigenvalue weighted by atomic mass is 35.5. The smallest absolute Gasteiger partial charge is 0.338 e. The van der Waals surface area contributed by atoms with Crippen molar-refractivity contribution in [2.45, 2.75) is 36.6 Å². The van der Waals surface area contributed by atoms with Gasteiger partial charge in [0.25, 0.3) is 5.56 Å². The number of esters is 2. The molecule has 1 saturated heterocycles. The van der Waals surface area contributed by atoms with Gasteiger partial charge in [-0.25, -0.2) is 14.4 Å². The Labute approximate surface area is 215 Å². The zero-order valence-electron chi connectivity index (χ0n) is 19.3. The van der Waals surface area contributed by atoms with E-state index in [4.69, 9.17) is 37.4 Å². The fourth-order valence-electron chi connectivity index (χ4n) is 3.66. The molecule has 1 aliphatic heterocycles. The molecule has 1 N–H and O–H groups in total. The molecule has 36 heavy (non-hydrogen) atoms. The monoisotopic (exact) mass is 532 g/mol. The quantitative estimate of drug-likeness (QED) is 0.382. The number of hydrogen-bond acceptors (Lipinski definition) is 7. The van der Waals surface area contributed by atoms with Crippen molar-refractivity contribution in [1.29, 1.82) is 0 Å². The van der Waals surface area contributed by atoms with Gasteiger partial charge in [0.05, 0.1) is 11.1 Å². The largest absolute Gasteiger partial charge is 0.459 e. The molecule has 188 valence electrons. The van der Waals surface area contributed by atoms with Crippen LogP contribution in [-0.4, -0.2) is 44.6 Å². The van der Waals surface area contributed by atoms with Gasteiger partial charge in [0.15, 0.2) is 12.3 Å². The lowest BCUT2D eigenvalue weighted by atomic mass is 10.1. The number of hydrogen-bond donors (Lipinski definition) is 1. The number of ether oxygens (including phenoxy) is 3. The summed E-state index contributed by atoms with van der Waals surface area (Å²) in [5, 5.41) is 0. The van der Waals surface area contributed by atoms with Crippen molar-refractivity contribution in [3.8, 4) is 0 Å². The molecule has 0 radical (unpaired) electrons. The maximum Gasteiger partial charge on any atom is 0.338 e. The van der Waals surface area contributed by atoms with Gasteiger partial charge >= 0.3 is 17.6 Å². The van der Waals surface area contributed by atoms with Crippen LogP contribution in [0.2, 0.25) is 0 Å². The second-order valence-corrected chi connectivity index (χ2v) is 9.82. The molecule has 1 fully saturated rings. The highest BCUT2D eigenvalue weighted by Gasteiger charge is 2.59. The van der Waals surface area contributed by atoms with Crippen LogP contribution in [0.3, 0.4) is 0 Å². The Bertz CT molecular complexity index is 1380. The number of nitrogens with one attached hydrogen (secondary N) is 1. The lowest BCUT2D eigenvalue weighted by Gasteiger charge is -2.27. The van der Waals surface area contributed by atoms with Crippen LogP contribution in [0.5, 0.6) is 0 Å². The summed E-state index contributed by atoms with van der Waals surface area (Å²) in [5.74, 6) is -1.37. The molecule has 0 bridgehead atoms. The molecule has 3 atom stereocenters.